The number of H-pyrrole nitrogens is 1. The fourth-order valence-electron chi connectivity index (χ4n) is 3.72. The number of hydrogen-bond acceptors (Lipinski definition) is 3. The summed E-state index contributed by atoms with van der Waals surface area (Å²) in [4.78, 5) is 22.3. The summed E-state index contributed by atoms with van der Waals surface area (Å²) < 4.78 is 0. The van der Waals surface area contributed by atoms with Crippen LogP contribution in [0.3, 0.4) is 0 Å². The van der Waals surface area contributed by atoms with Crippen LogP contribution < -0.4 is 5.32 Å². The summed E-state index contributed by atoms with van der Waals surface area (Å²) in [6.45, 7) is 5.68. The molecule has 1 atom stereocenters. The molecule has 5 nitrogen and oxygen atoms in total. The number of likely N-dealkylation sites (tertiary alicyclic amines) is 1. The number of fused-ring (bicyclic) bond motifs is 1. The lowest BCUT2D eigenvalue weighted by atomic mass is 10.1. The first-order valence-electron chi connectivity index (χ1n) is 9.17. The molecule has 0 bridgehead atoms. The zero-order valence-electron chi connectivity index (χ0n) is 15.0. The van der Waals surface area contributed by atoms with E-state index in [1.165, 1.54) is 16.6 Å². The molecule has 2 N–H and O–H groups in total. The van der Waals surface area contributed by atoms with E-state index < -0.39 is 0 Å². The number of para-hydroxylation sites is 1. The molecule has 2 aromatic heterocycles. The minimum absolute atomic E-state index is 0.0235. The molecule has 1 aromatic carbocycles. The van der Waals surface area contributed by atoms with E-state index in [9.17, 15) is 4.79 Å². The van der Waals surface area contributed by atoms with Crippen molar-refractivity contribution < 1.29 is 4.79 Å². The average molecular weight is 348 g/mol. The molecule has 4 rings (SSSR count). The van der Waals surface area contributed by atoms with E-state index in [1.54, 1.807) is 12.4 Å². The smallest absolute Gasteiger partial charge is 0.253 e. The molecular formula is C21H24N4O. The third-order valence-corrected chi connectivity index (χ3v) is 5.18. The fraction of sp³-hybridized carbons (Fsp3) is 0.333. The van der Waals surface area contributed by atoms with Crippen LogP contribution in [0, 0.1) is 12.8 Å². The highest BCUT2D eigenvalue weighted by Crippen LogP contribution is 2.21. The van der Waals surface area contributed by atoms with Crippen LogP contribution in [0.5, 0.6) is 0 Å². The van der Waals surface area contributed by atoms with Gasteiger partial charge in [-0.25, -0.2) is 0 Å². The molecule has 0 saturated carbocycles. The summed E-state index contributed by atoms with van der Waals surface area (Å²) in [5.74, 6) is 0.477. The highest BCUT2D eigenvalue weighted by molar-refractivity contribution is 5.95. The lowest BCUT2D eigenvalue weighted by Gasteiger charge is -2.15. The predicted octanol–water partition coefficient (Wildman–Crippen LogP) is 3.12. The van der Waals surface area contributed by atoms with Gasteiger partial charge in [-0.3, -0.25) is 14.7 Å². The minimum Gasteiger partial charge on any atom is -0.357 e. The van der Waals surface area contributed by atoms with Crippen LogP contribution >= 0.6 is 0 Å². The van der Waals surface area contributed by atoms with Crippen molar-refractivity contribution in [1.82, 2.24) is 20.2 Å². The van der Waals surface area contributed by atoms with Crippen LogP contribution in [0.15, 0.2) is 48.8 Å². The highest BCUT2D eigenvalue weighted by Gasteiger charge is 2.23. The number of aromatic amines is 1. The second-order valence-corrected chi connectivity index (χ2v) is 7.17. The van der Waals surface area contributed by atoms with Crippen molar-refractivity contribution in [1.29, 1.82) is 0 Å². The number of carbonyl (C=O) groups is 1. The number of aryl methyl sites for hydroxylation is 1. The first-order valence-corrected chi connectivity index (χ1v) is 9.17. The van der Waals surface area contributed by atoms with Crippen LogP contribution in [0.2, 0.25) is 0 Å². The maximum Gasteiger partial charge on any atom is 0.253 e. The van der Waals surface area contributed by atoms with Crippen molar-refractivity contribution in [3.63, 3.8) is 0 Å². The lowest BCUT2D eigenvalue weighted by molar-refractivity contribution is 0.0946. The van der Waals surface area contributed by atoms with Crippen LogP contribution in [-0.4, -0.2) is 40.4 Å². The van der Waals surface area contributed by atoms with Crippen LogP contribution in [-0.2, 0) is 6.54 Å². The molecule has 1 aliphatic heterocycles. The largest absolute Gasteiger partial charge is 0.357 e. The van der Waals surface area contributed by atoms with Gasteiger partial charge in [0.15, 0.2) is 0 Å². The number of hydrogen-bond donors (Lipinski definition) is 2. The second-order valence-electron chi connectivity index (χ2n) is 7.17. The normalized spacial score (nSPS) is 17.7. The molecule has 1 fully saturated rings. The Hall–Kier alpha value is -2.66. The predicted molar refractivity (Wildman–Crippen MR) is 103 cm³/mol. The standard InChI is InChI=1S/C21H24N4O/c1-15-6-8-22-12-19(15)21(26)23-11-16-7-9-25(13-16)14-18-10-17-4-2-3-5-20(17)24-18/h2-6,8,10,12,16,24H,7,9,11,13-14H2,1H3,(H,23,26)/t16-/m1/s1. The summed E-state index contributed by atoms with van der Waals surface area (Å²) >= 11 is 0. The van der Waals surface area contributed by atoms with Gasteiger partial charge < -0.3 is 10.3 Å². The summed E-state index contributed by atoms with van der Waals surface area (Å²) in [7, 11) is 0. The SMILES string of the molecule is Cc1ccncc1C(=O)NC[C@H]1CCN(Cc2cc3ccccc3[nH]2)C1. The van der Waals surface area contributed by atoms with E-state index in [2.05, 4.69) is 50.5 Å². The van der Waals surface area contributed by atoms with Gasteiger partial charge in [-0.15, -0.1) is 0 Å². The monoisotopic (exact) mass is 348 g/mol. The van der Waals surface area contributed by atoms with Gasteiger partial charge >= 0.3 is 0 Å². The molecule has 1 amide bonds. The van der Waals surface area contributed by atoms with Gasteiger partial charge in [0, 0.05) is 43.2 Å². The Bertz CT molecular complexity index is 884. The molecule has 0 aliphatic carbocycles. The number of amides is 1. The van der Waals surface area contributed by atoms with Crippen molar-refractivity contribution in [2.75, 3.05) is 19.6 Å². The summed E-state index contributed by atoms with van der Waals surface area (Å²) in [6.07, 6.45) is 4.47. The quantitative estimate of drug-likeness (QED) is 0.745. The van der Waals surface area contributed by atoms with Gasteiger partial charge in [0.25, 0.3) is 5.91 Å². The Morgan fingerprint density at radius 2 is 2.23 bits per heavy atom. The topological polar surface area (TPSA) is 61.0 Å². The van der Waals surface area contributed by atoms with Crippen molar-refractivity contribution in [2.45, 2.75) is 19.9 Å². The van der Waals surface area contributed by atoms with Crippen LogP contribution in [0.25, 0.3) is 10.9 Å². The second kappa shape index (κ2) is 7.30. The van der Waals surface area contributed by atoms with E-state index >= 15 is 0 Å². The number of pyridine rings is 1. The van der Waals surface area contributed by atoms with Crippen molar-refractivity contribution in [3.8, 4) is 0 Å². The molecule has 26 heavy (non-hydrogen) atoms. The zero-order chi connectivity index (χ0) is 17.9. The van der Waals surface area contributed by atoms with Gasteiger partial charge in [-0.05, 0) is 55.0 Å². The van der Waals surface area contributed by atoms with E-state index in [1.807, 2.05) is 13.0 Å². The van der Waals surface area contributed by atoms with Gasteiger partial charge in [0.1, 0.15) is 0 Å². The molecule has 0 unspecified atom stereocenters. The number of aromatic nitrogens is 2. The van der Waals surface area contributed by atoms with E-state index in [-0.39, 0.29) is 5.91 Å². The van der Waals surface area contributed by atoms with Crippen LogP contribution in [0.4, 0.5) is 0 Å². The maximum atomic E-state index is 12.3. The molecule has 134 valence electrons. The summed E-state index contributed by atoms with van der Waals surface area (Å²) in [6, 6.07) is 12.5. The Morgan fingerprint density at radius 1 is 1.35 bits per heavy atom. The highest BCUT2D eigenvalue weighted by atomic mass is 16.1. The van der Waals surface area contributed by atoms with Gasteiger partial charge in [-0.1, -0.05) is 18.2 Å². The van der Waals surface area contributed by atoms with Gasteiger partial charge in [-0.2, -0.15) is 0 Å². The minimum atomic E-state index is -0.0235. The number of carbonyl (C=O) groups excluding carboxylic acids is 1. The first kappa shape index (κ1) is 16.8. The lowest BCUT2D eigenvalue weighted by Crippen LogP contribution is -2.31. The van der Waals surface area contributed by atoms with Crippen molar-refractivity contribution in [3.05, 3.63) is 65.6 Å². The van der Waals surface area contributed by atoms with E-state index in [0.29, 0.717) is 11.5 Å². The number of rotatable bonds is 5. The Kier molecular flexibility index (Phi) is 4.71. The molecule has 1 saturated heterocycles. The molecule has 0 spiro atoms. The molecule has 3 heterocycles. The third-order valence-electron chi connectivity index (χ3n) is 5.18. The van der Waals surface area contributed by atoms with E-state index in [4.69, 9.17) is 0 Å². The zero-order valence-corrected chi connectivity index (χ0v) is 15.0. The summed E-state index contributed by atoms with van der Waals surface area (Å²) in [5.41, 5.74) is 4.07. The maximum absolute atomic E-state index is 12.3. The molecule has 5 heteroatoms. The van der Waals surface area contributed by atoms with Crippen molar-refractivity contribution >= 4 is 16.8 Å². The molecule has 0 radical (unpaired) electrons. The molecule has 3 aromatic rings. The molecular weight excluding hydrogens is 324 g/mol. The van der Waals surface area contributed by atoms with Crippen molar-refractivity contribution in [2.24, 2.45) is 5.92 Å². The Morgan fingerprint density at radius 3 is 3.08 bits per heavy atom. The third kappa shape index (κ3) is 3.63. The average Bonchev–Trinajstić information content (AvgIpc) is 3.26. The van der Waals surface area contributed by atoms with Gasteiger partial charge in [0.2, 0.25) is 0 Å². The number of nitrogens with one attached hydrogen (secondary N) is 2. The Labute approximate surface area is 153 Å². The fourth-order valence-corrected chi connectivity index (χ4v) is 3.72. The number of benzene rings is 1. The Balaban J connectivity index is 1.30. The van der Waals surface area contributed by atoms with Crippen LogP contribution in [0.1, 0.15) is 28.0 Å². The molecule has 1 aliphatic rings. The number of nitrogens with zero attached hydrogens (tertiary/aromatic N) is 2. The summed E-state index contributed by atoms with van der Waals surface area (Å²) in [5, 5.41) is 4.34. The first-order chi connectivity index (χ1) is 12.7. The van der Waals surface area contributed by atoms with Gasteiger partial charge in [0.05, 0.1) is 5.56 Å². The van der Waals surface area contributed by atoms with E-state index in [0.717, 1.165) is 38.2 Å².